The zero-order valence-electron chi connectivity index (χ0n) is 8.75. The van der Waals surface area contributed by atoms with Crippen molar-refractivity contribution in [2.45, 2.75) is 13.3 Å². The molecule has 0 fully saturated rings. The van der Waals surface area contributed by atoms with Crippen LogP contribution >= 0.6 is 11.6 Å². The van der Waals surface area contributed by atoms with Gasteiger partial charge in [-0.15, -0.1) is 0 Å². The topological polar surface area (TPSA) is 35.5 Å². The third-order valence-electron chi connectivity index (χ3n) is 1.93. The van der Waals surface area contributed by atoms with Gasteiger partial charge in [0.2, 0.25) is 0 Å². The number of benzene rings is 1. The van der Waals surface area contributed by atoms with E-state index in [-0.39, 0.29) is 12.4 Å². The second kappa shape index (κ2) is 5.61. The molecule has 0 heterocycles. The predicted octanol–water partition coefficient (Wildman–Crippen LogP) is 2.59. The zero-order valence-corrected chi connectivity index (χ0v) is 9.50. The van der Waals surface area contributed by atoms with Crippen molar-refractivity contribution in [2.75, 3.05) is 13.7 Å². The lowest BCUT2D eigenvalue weighted by Gasteiger charge is -2.08. The number of ether oxygens (including phenoxy) is 2. The monoisotopic (exact) mass is 228 g/mol. The quantitative estimate of drug-likeness (QED) is 0.743. The van der Waals surface area contributed by atoms with E-state index in [1.165, 1.54) is 7.11 Å². The molecule has 0 saturated carbocycles. The minimum absolute atomic E-state index is 0.249. The summed E-state index contributed by atoms with van der Waals surface area (Å²) in [5.74, 6) is 0.463. The van der Waals surface area contributed by atoms with Crippen LogP contribution < -0.4 is 4.74 Å². The lowest BCUT2D eigenvalue weighted by atomic mass is 10.2. The van der Waals surface area contributed by atoms with Crippen LogP contribution in [0.4, 0.5) is 0 Å². The third kappa shape index (κ3) is 3.80. The smallest absolute Gasteiger partial charge is 0.308 e. The Morgan fingerprint density at radius 3 is 2.80 bits per heavy atom. The lowest BCUT2D eigenvalue weighted by molar-refractivity contribution is -0.141. The van der Waals surface area contributed by atoms with Crippen LogP contribution in [0.2, 0.25) is 5.02 Å². The van der Waals surface area contributed by atoms with Crippen LogP contribution in [-0.2, 0) is 9.53 Å². The van der Waals surface area contributed by atoms with E-state index in [2.05, 4.69) is 4.74 Å². The summed E-state index contributed by atoms with van der Waals surface area (Å²) in [5, 5.41) is 0.674. The Hall–Kier alpha value is -1.22. The molecule has 0 bridgehead atoms. The van der Waals surface area contributed by atoms with Crippen LogP contribution in [-0.4, -0.2) is 19.7 Å². The van der Waals surface area contributed by atoms with Gasteiger partial charge in [0.1, 0.15) is 5.75 Å². The van der Waals surface area contributed by atoms with Crippen molar-refractivity contribution in [3.63, 3.8) is 0 Å². The van der Waals surface area contributed by atoms with Gasteiger partial charge in [-0.2, -0.15) is 0 Å². The van der Waals surface area contributed by atoms with Gasteiger partial charge in [-0.05, 0) is 30.7 Å². The Kier molecular flexibility index (Phi) is 4.43. The first-order valence-corrected chi connectivity index (χ1v) is 4.97. The molecule has 82 valence electrons. The molecule has 0 aliphatic rings. The Balaban J connectivity index is 2.47. The van der Waals surface area contributed by atoms with Gasteiger partial charge in [0, 0.05) is 5.02 Å². The molecule has 1 aromatic carbocycles. The fraction of sp³-hybridized carbons (Fsp3) is 0.364. The summed E-state index contributed by atoms with van der Waals surface area (Å²) in [6.07, 6.45) is 0.249. The minimum Gasteiger partial charge on any atom is -0.493 e. The minimum atomic E-state index is -0.276. The maximum Gasteiger partial charge on any atom is 0.308 e. The number of rotatable bonds is 4. The molecule has 0 aliphatic carbocycles. The third-order valence-corrected chi connectivity index (χ3v) is 2.16. The second-order valence-electron chi connectivity index (χ2n) is 3.08. The van der Waals surface area contributed by atoms with Crippen LogP contribution in [0.25, 0.3) is 0 Å². The van der Waals surface area contributed by atoms with Crippen molar-refractivity contribution in [3.8, 4) is 5.75 Å². The van der Waals surface area contributed by atoms with E-state index < -0.39 is 0 Å². The van der Waals surface area contributed by atoms with E-state index in [1.807, 2.05) is 13.0 Å². The molecule has 0 radical (unpaired) electrons. The number of halogens is 1. The van der Waals surface area contributed by atoms with E-state index in [4.69, 9.17) is 16.3 Å². The number of esters is 1. The SMILES string of the molecule is COC(=O)CCOc1ccc(Cl)cc1C. The molecule has 15 heavy (non-hydrogen) atoms. The van der Waals surface area contributed by atoms with Gasteiger partial charge >= 0.3 is 5.97 Å². The van der Waals surface area contributed by atoms with Crippen molar-refractivity contribution < 1.29 is 14.3 Å². The molecule has 1 rings (SSSR count). The molecule has 0 spiro atoms. The fourth-order valence-corrected chi connectivity index (χ4v) is 1.35. The summed E-state index contributed by atoms with van der Waals surface area (Å²) >= 11 is 5.79. The molecule has 0 aromatic heterocycles. The first-order valence-electron chi connectivity index (χ1n) is 4.59. The Bertz CT molecular complexity index is 350. The van der Waals surface area contributed by atoms with Crippen LogP contribution in [0.3, 0.4) is 0 Å². The highest BCUT2D eigenvalue weighted by atomic mass is 35.5. The number of carbonyl (C=O) groups excluding carboxylic acids is 1. The fourth-order valence-electron chi connectivity index (χ4n) is 1.12. The molecular weight excluding hydrogens is 216 g/mol. The highest BCUT2D eigenvalue weighted by Crippen LogP contribution is 2.21. The molecule has 1 aromatic rings. The zero-order chi connectivity index (χ0) is 11.3. The Morgan fingerprint density at radius 2 is 2.20 bits per heavy atom. The molecule has 0 N–H and O–H groups in total. The summed E-state index contributed by atoms with van der Waals surface area (Å²) in [5.41, 5.74) is 0.951. The summed E-state index contributed by atoms with van der Waals surface area (Å²) in [4.78, 5) is 10.8. The lowest BCUT2D eigenvalue weighted by Crippen LogP contribution is -2.07. The van der Waals surface area contributed by atoms with Gasteiger partial charge < -0.3 is 9.47 Å². The van der Waals surface area contributed by atoms with Gasteiger partial charge in [0.05, 0.1) is 20.1 Å². The van der Waals surface area contributed by atoms with Crippen LogP contribution in [0.5, 0.6) is 5.75 Å². The van der Waals surface area contributed by atoms with Crippen molar-refractivity contribution in [3.05, 3.63) is 28.8 Å². The van der Waals surface area contributed by atoms with E-state index >= 15 is 0 Å². The molecule has 3 nitrogen and oxygen atoms in total. The van der Waals surface area contributed by atoms with Crippen LogP contribution in [0, 0.1) is 6.92 Å². The summed E-state index contributed by atoms with van der Waals surface area (Å²) in [7, 11) is 1.36. The molecule has 0 atom stereocenters. The Labute approximate surface area is 93.9 Å². The number of methoxy groups -OCH3 is 1. The van der Waals surface area contributed by atoms with E-state index in [1.54, 1.807) is 12.1 Å². The molecule has 0 saturated heterocycles. The summed E-state index contributed by atoms with van der Waals surface area (Å²) in [6.45, 7) is 2.22. The van der Waals surface area contributed by atoms with Gasteiger partial charge in [-0.25, -0.2) is 0 Å². The van der Waals surface area contributed by atoms with Gasteiger partial charge in [-0.3, -0.25) is 4.79 Å². The maximum absolute atomic E-state index is 10.8. The molecule has 0 unspecified atom stereocenters. The molecular formula is C11H13ClO3. The average Bonchev–Trinajstić information content (AvgIpc) is 2.21. The average molecular weight is 229 g/mol. The van der Waals surface area contributed by atoms with E-state index in [0.717, 1.165) is 11.3 Å². The van der Waals surface area contributed by atoms with Crippen LogP contribution in [0.15, 0.2) is 18.2 Å². The number of hydrogen-bond acceptors (Lipinski definition) is 3. The molecule has 0 amide bonds. The first kappa shape index (κ1) is 11.9. The van der Waals surface area contributed by atoms with Gasteiger partial charge in [0.15, 0.2) is 0 Å². The number of aryl methyl sites for hydroxylation is 1. The largest absolute Gasteiger partial charge is 0.493 e. The highest BCUT2D eigenvalue weighted by molar-refractivity contribution is 6.30. The first-order chi connectivity index (χ1) is 7.13. The molecule has 0 aliphatic heterocycles. The summed E-state index contributed by atoms with van der Waals surface area (Å²) < 4.78 is 9.90. The predicted molar refractivity (Wildman–Crippen MR) is 58.3 cm³/mol. The maximum atomic E-state index is 10.8. The second-order valence-corrected chi connectivity index (χ2v) is 3.52. The van der Waals surface area contributed by atoms with Crippen molar-refractivity contribution in [1.82, 2.24) is 0 Å². The standard InChI is InChI=1S/C11H13ClO3/c1-8-7-9(12)3-4-10(8)15-6-5-11(13)14-2/h3-4,7H,5-6H2,1-2H3. The highest BCUT2D eigenvalue weighted by Gasteiger charge is 2.03. The van der Waals surface area contributed by atoms with Crippen molar-refractivity contribution in [1.29, 1.82) is 0 Å². The van der Waals surface area contributed by atoms with Gasteiger partial charge in [-0.1, -0.05) is 11.6 Å². The number of hydrogen-bond donors (Lipinski definition) is 0. The molecule has 4 heteroatoms. The summed E-state index contributed by atoms with van der Waals surface area (Å²) in [6, 6.07) is 5.35. The van der Waals surface area contributed by atoms with E-state index in [0.29, 0.717) is 11.6 Å². The number of carbonyl (C=O) groups is 1. The van der Waals surface area contributed by atoms with Crippen molar-refractivity contribution >= 4 is 17.6 Å². The van der Waals surface area contributed by atoms with Gasteiger partial charge in [0.25, 0.3) is 0 Å². The van der Waals surface area contributed by atoms with Crippen molar-refractivity contribution in [2.24, 2.45) is 0 Å². The van der Waals surface area contributed by atoms with Crippen LogP contribution in [0.1, 0.15) is 12.0 Å². The Morgan fingerprint density at radius 1 is 1.47 bits per heavy atom. The van der Waals surface area contributed by atoms with E-state index in [9.17, 15) is 4.79 Å². The normalized spacial score (nSPS) is 9.80.